The van der Waals surface area contributed by atoms with Gasteiger partial charge in [0.2, 0.25) is 11.6 Å². The molecule has 1 unspecified atom stereocenters. The Morgan fingerprint density at radius 1 is 1.23 bits per heavy atom. The van der Waals surface area contributed by atoms with Crippen molar-refractivity contribution in [1.29, 1.82) is 0 Å². The molecule has 0 aliphatic heterocycles. The first-order chi connectivity index (χ1) is 10.7. The SMILES string of the molecule is CCC(C(=O)O)n1nnnc1-c1nnnn1-c1ccccn1. The summed E-state index contributed by atoms with van der Waals surface area (Å²) in [5.74, 6) is -0.193. The molecule has 3 heterocycles. The number of rotatable bonds is 5. The van der Waals surface area contributed by atoms with E-state index in [0.717, 1.165) is 0 Å². The maximum Gasteiger partial charge on any atom is 0.328 e. The molecule has 112 valence electrons. The summed E-state index contributed by atoms with van der Waals surface area (Å²) in [4.78, 5) is 15.5. The average molecular weight is 301 g/mol. The second-order valence-corrected chi connectivity index (χ2v) is 4.31. The van der Waals surface area contributed by atoms with Crippen molar-refractivity contribution in [3.05, 3.63) is 24.4 Å². The Hall–Kier alpha value is -3.24. The minimum Gasteiger partial charge on any atom is -0.480 e. The van der Waals surface area contributed by atoms with Crippen LogP contribution in [-0.2, 0) is 4.79 Å². The van der Waals surface area contributed by atoms with Gasteiger partial charge in [0.05, 0.1) is 0 Å². The van der Waals surface area contributed by atoms with E-state index < -0.39 is 12.0 Å². The summed E-state index contributed by atoms with van der Waals surface area (Å²) >= 11 is 0. The molecule has 0 aliphatic carbocycles. The molecule has 22 heavy (non-hydrogen) atoms. The molecule has 11 heteroatoms. The molecule has 0 radical (unpaired) electrons. The minimum absolute atomic E-state index is 0.157. The van der Waals surface area contributed by atoms with E-state index in [2.05, 4.69) is 36.0 Å². The van der Waals surface area contributed by atoms with Crippen LogP contribution < -0.4 is 0 Å². The van der Waals surface area contributed by atoms with Crippen molar-refractivity contribution in [1.82, 2.24) is 45.4 Å². The van der Waals surface area contributed by atoms with Crippen LogP contribution in [0.5, 0.6) is 0 Å². The lowest BCUT2D eigenvalue weighted by atomic mass is 10.2. The predicted molar refractivity (Wildman–Crippen MR) is 70.7 cm³/mol. The molecule has 3 rings (SSSR count). The number of hydrogen-bond acceptors (Lipinski definition) is 8. The highest BCUT2D eigenvalue weighted by Crippen LogP contribution is 2.20. The van der Waals surface area contributed by atoms with E-state index in [4.69, 9.17) is 0 Å². The van der Waals surface area contributed by atoms with Crippen molar-refractivity contribution in [2.45, 2.75) is 19.4 Å². The third-order valence-corrected chi connectivity index (χ3v) is 3.00. The van der Waals surface area contributed by atoms with Gasteiger partial charge in [-0.3, -0.25) is 0 Å². The Labute approximate surface area is 123 Å². The average Bonchev–Trinajstić information content (AvgIpc) is 3.16. The molecule has 0 spiro atoms. The first kappa shape index (κ1) is 13.7. The largest absolute Gasteiger partial charge is 0.480 e. The zero-order chi connectivity index (χ0) is 15.5. The highest BCUT2D eigenvalue weighted by atomic mass is 16.4. The van der Waals surface area contributed by atoms with Crippen molar-refractivity contribution < 1.29 is 9.90 Å². The number of carboxylic acids is 1. The van der Waals surface area contributed by atoms with E-state index in [-0.39, 0.29) is 11.6 Å². The van der Waals surface area contributed by atoms with Crippen LogP contribution in [-0.4, -0.2) is 56.5 Å². The number of nitrogens with zero attached hydrogens (tertiary/aromatic N) is 9. The van der Waals surface area contributed by atoms with E-state index >= 15 is 0 Å². The summed E-state index contributed by atoms with van der Waals surface area (Å²) in [6, 6.07) is 4.35. The standard InChI is InChI=1S/C11H11N9O2/c1-2-7(11(21)22)19-9(13-15-17-19)10-14-16-18-20(10)8-5-3-4-6-12-8/h3-7H,2H2,1H3,(H,21,22). The maximum absolute atomic E-state index is 11.3. The molecule has 0 amide bonds. The minimum atomic E-state index is -1.03. The molecule has 11 nitrogen and oxygen atoms in total. The number of aliphatic carboxylic acids is 1. The third-order valence-electron chi connectivity index (χ3n) is 3.00. The smallest absolute Gasteiger partial charge is 0.328 e. The molecule has 0 saturated carbocycles. The summed E-state index contributed by atoms with van der Waals surface area (Å²) in [6.45, 7) is 1.73. The van der Waals surface area contributed by atoms with Crippen molar-refractivity contribution in [2.24, 2.45) is 0 Å². The Morgan fingerprint density at radius 2 is 2.00 bits per heavy atom. The van der Waals surface area contributed by atoms with E-state index in [1.807, 2.05) is 0 Å². The lowest BCUT2D eigenvalue weighted by molar-refractivity contribution is -0.141. The number of hydrogen-bond donors (Lipinski definition) is 1. The van der Waals surface area contributed by atoms with E-state index in [9.17, 15) is 9.90 Å². The van der Waals surface area contributed by atoms with Gasteiger partial charge in [0.25, 0.3) is 0 Å². The second kappa shape index (κ2) is 5.63. The zero-order valence-electron chi connectivity index (χ0n) is 11.5. The van der Waals surface area contributed by atoms with Crippen LogP contribution in [0.2, 0.25) is 0 Å². The summed E-state index contributed by atoms with van der Waals surface area (Å²) in [5.41, 5.74) is 0. The van der Waals surface area contributed by atoms with Gasteiger partial charge in [-0.25, -0.2) is 14.5 Å². The van der Waals surface area contributed by atoms with Gasteiger partial charge in [-0.2, -0.15) is 4.68 Å². The van der Waals surface area contributed by atoms with Crippen molar-refractivity contribution >= 4 is 5.97 Å². The first-order valence-corrected chi connectivity index (χ1v) is 6.43. The molecule has 0 fully saturated rings. The molecule has 0 saturated heterocycles. The Bertz CT molecular complexity index is 782. The molecule has 1 N–H and O–H groups in total. The van der Waals surface area contributed by atoms with E-state index in [1.165, 1.54) is 9.36 Å². The summed E-state index contributed by atoms with van der Waals surface area (Å²) in [5, 5.41) is 31.7. The molecule has 1 atom stereocenters. The quantitative estimate of drug-likeness (QED) is 0.675. The highest BCUT2D eigenvalue weighted by Gasteiger charge is 2.26. The first-order valence-electron chi connectivity index (χ1n) is 6.43. The number of pyridine rings is 1. The topological polar surface area (TPSA) is 137 Å². The molecule has 0 aromatic carbocycles. The van der Waals surface area contributed by atoms with Gasteiger partial charge >= 0.3 is 5.97 Å². The number of tetrazole rings is 2. The normalized spacial score (nSPS) is 12.2. The van der Waals surface area contributed by atoms with E-state index in [1.54, 1.807) is 31.3 Å². The second-order valence-electron chi connectivity index (χ2n) is 4.31. The fraction of sp³-hybridized carbons (Fsp3) is 0.273. The van der Waals surface area contributed by atoms with Gasteiger partial charge in [-0.15, -0.1) is 10.2 Å². The Balaban J connectivity index is 2.10. The lowest BCUT2D eigenvalue weighted by Crippen LogP contribution is -2.21. The Morgan fingerprint density at radius 3 is 2.68 bits per heavy atom. The summed E-state index contributed by atoms with van der Waals surface area (Å²) < 4.78 is 2.53. The van der Waals surface area contributed by atoms with Crippen LogP contribution in [0.4, 0.5) is 0 Å². The molecular formula is C11H11N9O2. The number of aromatic nitrogens is 9. The number of carboxylic acid groups (broad SMARTS) is 1. The molecule has 0 bridgehead atoms. The van der Waals surface area contributed by atoms with Gasteiger partial charge in [-0.05, 0) is 39.4 Å². The van der Waals surface area contributed by atoms with Gasteiger partial charge in [0.1, 0.15) is 0 Å². The molecule has 0 aliphatic rings. The predicted octanol–water partition coefficient (Wildman–Crippen LogP) is -0.254. The van der Waals surface area contributed by atoms with Crippen LogP contribution in [0.15, 0.2) is 24.4 Å². The van der Waals surface area contributed by atoms with Gasteiger partial charge in [0, 0.05) is 6.20 Å². The van der Waals surface area contributed by atoms with Crippen molar-refractivity contribution in [3.63, 3.8) is 0 Å². The molecule has 3 aromatic rings. The maximum atomic E-state index is 11.3. The zero-order valence-corrected chi connectivity index (χ0v) is 11.5. The van der Waals surface area contributed by atoms with Crippen LogP contribution in [0.25, 0.3) is 17.5 Å². The van der Waals surface area contributed by atoms with Crippen molar-refractivity contribution in [2.75, 3.05) is 0 Å². The van der Waals surface area contributed by atoms with Crippen LogP contribution in [0, 0.1) is 0 Å². The van der Waals surface area contributed by atoms with Crippen LogP contribution in [0.1, 0.15) is 19.4 Å². The highest BCUT2D eigenvalue weighted by molar-refractivity contribution is 5.72. The van der Waals surface area contributed by atoms with Crippen LogP contribution in [0.3, 0.4) is 0 Å². The van der Waals surface area contributed by atoms with Crippen molar-refractivity contribution in [3.8, 4) is 17.5 Å². The fourth-order valence-electron chi connectivity index (χ4n) is 1.96. The fourth-order valence-corrected chi connectivity index (χ4v) is 1.96. The van der Waals surface area contributed by atoms with Crippen LogP contribution >= 0.6 is 0 Å². The van der Waals surface area contributed by atoms with E-state index in [0.29, 0.717) is 12.2 Å². The van der Waals surface area contributed by atoms with Gasteiger partial charge in [-0.1, -0.05) is 13.0 Å². The molecular weight excluding hydrogens is 290 g/mol. The number of carbonyl (C=O) groups is 1. The molecule has 3 aromatic heterocycles. The van der Waals surface area contributed by atoms with Gasteiger partial charge < -0.3 is 5.11 Å². The Kier molecular flexibility index (Phi) is 3.52. The monoisotopic (exact) mass is 301 g/mol. The summed E-state index contributed by atoms with van der Waals surface area (Å²) in [7, 11) is 0. The lowest BCUT2D eigenvalue weighted by Gasteiger charge is -2.11. The third kappa shape index (κ3) is 2.28. The summed E-state index contributed by atoms with van der Waals surface area (Å²) in [6.07, 6.45) is 1.91. The van der Waals surface area contributed by atoms with Gasteiger partial charge in [0.15, 0.2) is 11.9 Å².